The van der Waals surface area contributed by atoms with Gasteiger partial charge in [0, 0.05) is 44.0 Å². The Balaban J connectivity index is 1.33. The first-order valence-electron chi connectivity index (χ1n) is 15.0. The number of halogens is 1. The summed E-state index contributed by atoms with van der Waals surface area (Å²) in [6.07, 6.45) is -0.440. The predicted molar refractivity (Wildman–Crippen MR) is 187 cm³/mol. The molecule has 3 heterocycles. The zero-order valence-corrected chi connectivity index (χ0v) is 24.9. The number of nitrogens with zero attached hydrogens (tertiary/aromatic N) is 4. The quantitative estimate of drug-likeness (QED) is 0.201. The van der Waals surface area contributed by atoms with Crippen molar-refractivity contribution in [3.8, 4) is 11.4 Å². The molecule has 1 aliphatic rings. The molecule has 1 aliphatic heterocycles. The molecular formula is C39H26ClN5. The van der Waals surface area contributed by atoms with Crippen LogP contribution in [0.5, 0.6) is 0 Å². The van der Waals surface area contributed by atoms with Gasteiger partial charge >= 0.3 is 0 Å². The van der Waals surface area contributed by atoms with Crippen molar-refractivity contribution < 1.29 is 0 Å². The summed E-state index contributed by atoms with van der Waals surface area (Å²) in [6.45, 7) is 0. The molecule has 0 aliphatic carbocycles. The van der Waals surface area contributed by atoms with Crippen molar-refractivity contribution in [2.45, 2.75) is 6.17 Å². The molecular weight excluding hydrogens is 574 g/mol. The van der Waals surface area contributed by atoms with E-state index < -0.39 is 6.17 Å². The van der Waals surface area contributed by atoms with Gasteiger partial charge in [-0.15, -0.1) is 0 Å². The maximum absolute atomic E-state index is 6.61. The molecule has 0 amide bonds. The smallest absolute Gasteiger partial charge is 0.222 e. The van der Waals surface area contributed by atoms with Crippen LogP contribution in [0.1, 0.15) is 17.3 Å². The zero-order chi connectivity index (χ0) is 29.9. The van der Waals surface area contributed by atoms with Gasteiger partial charge in [0.2, 0.25) is 5.29 Å². The maximum Gasteiger partial charge on any atom is 0.222 e. The van der Waals surface area contributed by atoms with Crippen molar-refractivity contribution in [2.75, 3.05) is 0 Å². The molecule has 0 saturated carbocycles. The Morgan fingerprint density at radius 3 is 1.40 bits per heavy atom. The number of benzene rings is 6. The van der Waals surface area contributed by atoms with Gasteiger partial charge in [0.15, 0.2) is 0 Å². The van der Waals surface area contributed by atoms with Gasteiger partial charge < -0.3 is 14.5 Å². The van der Waals surface area contributed by atoms with Gasteiger partial charge in [-0.2, -0.15) is 0 Å². The molecule has 9 rings (SSSR count). The fraction of sp³-hybridized carbons (Fsp3) is 0.0256. The molecule has 214 valence electrons. The number of fused-ring (bicyclic) bond motifs is 6. The Morgan fingerprint density at radius 2 is 0.933 bits per heavy atom. The molecule has 6 heteroatoms. The third-order valence-corrected chi connectivity index (χ3v) is 8.86. The van der Waals surface area contributed by atoms with Crippen molar-refractivity contribution in [3.05, 3.63) is 157 Å². The third-order valence-electron chi connectivity index (χ3n) is 8.68. The van der Waals surface area contributed by atoms with Gasteiger partial charge in [0.25, 0.3) is 0 Å². The van der Waals surface area contributed by atoms with Crippen LogP contribution in [-0.4, -0.2) is 20.3 Å². The molecule has 0 radical (unpaired) electrons. The molecule has 2 aromatic heterocycles. The topological polar surface area (TPSA) is 46.6 Å². The van der Waals surface area contributed by atoms with E-state index in [4.69, 9.17) is 16.6 Å². The Labute approximate surface area is 264 Å². The number of aromatic nitrogens is 2. The number of hydrogen-bond acceptors (Lipinski definition) is 3. The lowest BCUT2D eigenvalue weighted by molar-refractivity contribution is 0.675. The maximum atomic E-state index is 6.61. The molecule has 0 saturated heterocycles. The van der Waals surface area contributed by atoms with E-state index in [-0.39, 0.29) is 5.29 Å². The largest absolute Gasteiger partial charge is 0.344 e. The number of hydrogen-bond donors (Lipinski definition) is 1. The lowest BCUT2D eigenvalue weighted by Crippen LogP contribution is -2.32. The second-order valence-electron chi connectivity index (χ2n) is 11.3. The van der Waals surface area contributed by atoms with Crippen LogP contribution < -0.4 is 5.32 Å². The van der Waals surface area contributed by atoms with Crippen LogP contribution in [0.3, 0.4) is 0 Å². The standard InChI is InChI=1S/C39H26ClN5/c40-39-42-37(25-12-2-1-3-13-25)41-38(43-39)26-22-27(44-33-18-8-4-14-29(33)30-15-5-9-19-34(30)44)24-28(23-26)45-35-20-10-6-16-31(35)32-17-7-11-21-36(32)45/h1-24,38H,(H,41,42,43). The van der Waals surface area contributed by atoms with Gasteiger partial charge in [-0.3, -0.25) is 0 Å². The highest BCUT2D eigenvalue weighted by Gasteiger charge is 2.23. The highest BCUT2D eigenvalue weighted by atomic mass is 35.5. The van der Waals surface area contributed by atoms with Gasteiger partial charge in [-0.25, -0.2) is 9.98 Å². The first kappa shape index (κ1) is 25.8. The summed E-state index contributed by atoms with van der Waals surface area (Å²) in [5, 5.41) is 8.65. The summed E-state index contributed by atoms with van der Waals surface area (Å²) in [4.78, 5) is 9.33. The number of rotatable bonds is 4. The number of nitrogens with one attached hydrogen (secondary N) is 1. The minimum Gasteiger partial charge on any atom is -0.344 e. The lowest BCUT2D eigenvalue weighted by Gasteiger charge is -2.23. The van der Waals surface area contributed by atoms with Crippen LogP contribution in [0.15, 0.2) is 156 Å². The van der Waals surface area contributed by atoms with Gasteiger partial charge in [-0.05, 0) is 54.1 Å². The molecule has 1 unspecified atom stereocenters. The highest BCUT2D eigenvalue weighted by molar-refractivity contribution is 6.66. The molecule has 0 spiro atoms. The third kappa shape index (κ3) is 4.16. The normalized spacial score (nSPS) is 15.0. The monoisotopic (exact) mass is 599 g/mol. The molecule has 45 heavy (non-hydrogen) atoms. The van der Waals surface area contributed by atoms with Crippen LogP contribution in [0.2, 0.25) is 0 Å². The molecule has 8 aromatic rings. The predicted octanol–water partition coefficient (Wildman–Crippen LogP) is 9.52. The molecule has 1 N–H and O–H groups in total. The lowest BCUT2D eigenvalue weighted by atomic mass is 10.1. The number of aliphatic imine (C=N–C) groups is 2. The van der Waals surface area contributed by atoms with Crippen LogP contribution in [0.4, 0.5) is 0 Å². The summed E-state index contributed by atoms with van der Waals surface area (Å²) >= 11 is 6.61. The fourth-order valence-corrected chi connectivity index (χ4v) is 6.94. The van der Waals surface area contributed by atoms with E-state index in [9.17, 15) is 0 Å². The first-order valence-corrected chi connectivity index (χ1v) is 15.4. The minimum absolute atomic E-state index is 0.221. The van der Waals surface area contributed by atoms with Gasteiger partial charge in [0.1, 0.15) is 12.0 Å². The second kappa shape index (κ2) is 10.2. The SMILES string of the molecule is ClC1=NC(c2cc(-n3c4ccccc4c4ccccc43)cc(-n3c4ccccc4c4ccccc43)c2)NC(c2ccccc2)=N1. The van der Waals surface area contributed by atoms with E-state index in [1.807, 2.05) is 30.3 Å². The van der Waals surface area contributed by atoms with Crippen molar-refractivity contribution >= 4 is 66.3 Å². The average molecular weight is 600 g/mol. The summed E-state index contributed by atoms with van der Waals surface area (Å²) in [6, 6.07) is 51.1. The van der Waals surface area contributed by atoms with E-state index in [1.54, 1.807) is 0 Å². The van der Waals surface area contributed by atoms with E-state index in [0.717, 1.165) is 44.6 Å². The average Bonchev–Trinajstić information content (AvgIpc) is 3.61. The summed E-state index contributed by atoms with van der Waals surface area (Å²) in [5.41, 5.74) is 8.60. The Bertz CT molecular complexity index is 2250. The number of para-hydroxylation sites is 4. The Kier molecular flexibility index (Phi) is 5.86. The zero-order valence-electron chi connectivity index (χ0n) is 24.1. The minimum atomic E-state index is -0.440. The molecule has 0 bridgehead atoms. The molecule has 5 nitrogen and oxygen atoms in total. The fourth-order valence-electron chi connectivity index (χ4n) is 6.76. The Hall–Kier alpha value is -5.65. The van der Waals surface area contributed by atoms with Crippen molar-refractivity contribution in [1.29, 1.82) is 0 Å². The summed E-state index contributed by atoms with van der Waals surface area (Å²) in [5.74, 6) is 0.696. The van der Waals surface area contributed by atoms with Crippen molar-refractivity contribution in [1.82, 2.24) is 14.5 Å². The van der Waals surface area contributed by atoms with Crippen LogP contribution in [-0.2, 0) is 0 Å². The van der Waals surface area contributed by atoms with Crippen molar-refractivity contribution in [2.24, 2.45) is 9.98 Å². The van der Waals surface area contributed by atoms with Crippen LogP contribution in [0, 0.1) is 0 Å². The summed E-state index contributed by atoms with van der Waals surface area (Å²) in [7, 11) is 0. The molecule has 0 fully saturated rings. The first-order chi connectivity index (χ1) is 22.2. The van der Waals surface area contributed by atoms with E-state index >= 15 is 0 Å². The van der Waals surface area contributed by atoms with Gasteiger partial charge in [-0.1, -0.05) is 103 Å². The van der Waals surface area contributed by atoms with E-state index in [2.05, 4.69) is 135 Å². The number of amidine groups is 2. The van der Waals surface area contributed by atoms with Gasteiger partial charge in [0.05, 0.1) is 22.1 Å². The highest BCUT2D eigenvalue weighted by Crippen LogP contribution is 2.37. The summed E-state index contributed by atoms with van der Waals surface area (Å²) < 4.78 is 4.71. The molecule has 1 atom stereocenters. The second-order valence-corrected chi connectivity index (χ2v) is 11.6. The van der Waals surface area contributed by atoms with Crippen molar-refractivity contribution in [3.63, 3.8) is 0 Å². The van der Waals surface area contributed by atoms with Crippen LogP contribution in [0.25, 0.3) is 55.0 Å². The van der Waals surface area contributed by atoms with E-state index in [1.165, 1.54) is 21.5 Å². The molecule has 6 aromatic carbocycles. The Morgan fingerprint density at radius 1 is 0.511 bits per heavy atom. The van der Waals surface area contributed by atoms with Crippen LogP contribution >= 0.6 is 11.6 Å². The van der Waals surface area contributed by atoms with E-state index in [0.29, 0.717) is 5.84 Å².